The van der Waals surface area contributed by atoms with Crippen molar-refractivity contribution in [2.75, 3.05) is 49.4 Å². The molecule has 4 aromatic rings. The highest BCUT2D eigenvalue weighted by molar-refractivity contribution is 7.80. The lowest BCUT2D eigenvalue weighted by molar-refractivity contribution is -0.120. The van der Waals surface area contributed by atoms with Crippen molar-refractivity contribution in [2.45, 2.75) is 26.2 Å². The van der Waals surface area contributed by atoms with E-state index in [0.29, 0.717) is 58.5 Å². The molecule has 2 aliphatic rings. The van der Waals surface area contributed by atoms with Crippen molar-refractivity contribution in [1.82, 2.24) is 15.0 Å². The highest BCUT2D eigenvalue weighted by Crippen LogP contribution is 2.34. The van der Waals surface area contributed by atoms with Gasteiger partial charge in [-0.1, -0.05) is 6.92 Å². The van der Waals surface area contributed by atoms with Crippen molar-refractivity contribution < 1.29 is 19.0 Å². The summed E-state index contributed by atoms with van der Waals surface area (Å²) < 4.78 is 16.6. The van der Waals surface area contributed by atoms with Gasteiger partial charge in [0.2, 0.25) is 17.8 Å². The second-order valence-corrected chi connectivity index (χ2v) is 12.0. The first kappa shape index (κ1) is 29.7. The van der Waals surface area contributed by atoms with Gasteiger partial charge in [-0.15, -0.1) is 11.3 Å². The number of methoxy groups -OCH3 is 2. The number of hydrogen-bond donors (Lipinski definition) is 2. The first-order valence-electron chi connectivity index (χ1n) is 14.4. The highest BCUT2D eigenvalue weighted by Gasteiger charge is 2.28. The fraction of sp³-hybridized carbons (Fsp3) is 0.355. The Labute approximate surface area is 264 Å². The number of nitrogens with zero attached hydrogens (tertiary/aromatic N) is 5. The summed E-state index contributed by atoms with van der Waals surface area (Å²) in [6, 6.07) is 13.1. The molecular formula is C31H33N7O4S2. The zero-order valence-corrected chi connectivity index (χ0v) is 26.3. The molecule has 1 amide bonds. The van der Waals surface area contributed by atoms with Crippen LogP contribution in [0.2, 0.25) is 0 Å². The van der Waals surface area contributed by atoms with Crippen molar-refractivity contribution in [2.24, 2.45) is 16.8 Å². The van der Waals surface area contributed by atoms with Crippen molar-refractivity contribution in [3.05, 3.63) is 53.5 Å². The van der Waals surface area contributed by atoms with Crippen LogP contribution in [0, 0.1) is 11.8 Å². The summed E-state index contributed by atoms with van der Waals surface area (Å²) in [6.45, 7) is 3.97. The average Bonchev–Trinajstić information content (AvgIpc) is 3.47. The standard InChI is InChI=1S/C31H33N7O4S2/c1-18-12-13-32-28(42-30(18)43)19-6-8-21(9-7-19)35-27(39)20-5-4-14-38(16-20)31-36-26(25-29(37-31)44-17-33-25)34-22-10-11-23(40-2)24(15-22)41-3/h6-11,15,17-18,20H,4-5,12-14,16H2,1-3H3,(H,35,39)(H,34,36,37). The average molecular weight is 632 g/mol. The molecule has 44 heavy (non-hydrogen) atoms. The third-order valence-electron chi connectivity index (χ3n) is 7.72. The molecule has 6 rings (SSSR count). The van der Waals surface area contributed by atoms with E-state index in [4.69, 9.17) is 36.4 Å². The van der Waals surface area contributed by atoms with E-state index in [-0.39, 0.29) is 17.7 Å². The van der Waals surface area contributed by atoms with Crippen LogP contribution in [0.15, 0.2) is 53.0 Å². The van der Waals surface area contributed by atoms with Gasteiger partial charge in [0.25, 0.3) is 0 Å². The maximum absolute atomic E-state index is 13.4. The second kappa shape index (κ2) is 13.1. The van der Waals surface area contributed by atoms with Gasteiger partial charge in [-0.25, -0.2) is 4.98 Å². The Hall–Kier alpha value is -4.36. The zero-order valence-electron chi connectivity index (χ0n) is 24.7. The molecule has 2 N–H and O–H groups in total. The number of thiocarbonyl (C=S) groups is 1. The number of carbonyl (C=O) groups excluding carboxylic acids is 1. The predicted octanol–water partition coefficient (Wildman–Crippen LogP) is 5.83. The van der Waals surface area contributed by atoms with Gasteiger partial charge in [-0.2, -0.15) is 9.97 Å². The number of hydrogen-bond acceptors (Lipinski definition) is 12. The van der Waals surface area contributed by atoms with Gasteiger partial charge < -0.3 is 29.7 Å². The molecule has 2 unspecified atom stereocenters. The Morgan fingerprint density at radius 1 is 1.07 bits per heavy atom. The van der Waals surface area contributed by atoms with Gasteiger partial charge in [0.1, 0.15) is 5.52 Å². The van der Waals surface area contributed by atoms with Gasteiger partial charge >= 0.3 is 0 Å². The lowest BCUT2D eigenvalue weighted by atomic mass is 9.97. The summed E-state index contributed by atoms with van der Waals surface area (Å²) in [6.07, 6.45) is 2.49. The van der Waals surface area contributed by atoms with Crippen LogP contribution in [0.4, 0.5) is 23.1 Å². The number of aromatic nitrogens is 3. The lowest BCUT2D eigenvalue weighted by Gasteiger charge is -2.32. The smallest absolute Gasteiger partial charge is 0.229 e. The molecule has 2 atom stereocenters. The topological polar surface area (TPSA) is 123 Å². The molecule has 11 nitrogen and oxygen atoms in total. The lowest BCUT2D eigenvalue weighted by Crippen LogP contribution is -2.41. The van der Waals surface area contributed by atoms with E-state index in [9.17, 15) is 4.79 Å². The molecule has 228 valence electrons. The fourth-order valence-corrected chi connectivity index (χ4v) is 6.05. The fourth-order valence-electron chi connectivity index (χ4n) is 5.20. The molecule has 13 heteroatoms. The number of piperidine rings is 1. The Morgan fingerprint density at radius 2 is 1.86 bits per heavy atom. The quantitative estimate of drug-likeness (QED) is 0.230. The highest BCUT2D eigenvalue weighted by atomic mass is 32.1. The summed E-state index contributed by atoms with van der Waals surface area (Å²) in [5, 5.41) is 7.00. The van der Waals surface area contributed by atoms with Crippen LogP contribution in [0.3, 0.4) is 0 Å². The van der Waals surface area contributed by atoms with Gasteiger partial charge in [-0.3, -0.25) is 9.79 Å². The van der Waals surface area contributed by atoms with Crippen molar-refractivity contribution >= 4 is 73.9 Å². The second-order valence-electron chi connectivity index (χ2n) is 10.7. The number of carbonyl (C=O) groups is 1. The van der Waals surface area contributed by atoms with E-state index in [0.717, 1.165) is 41.9 Å². The minimum Gasteiger partial charge on any atom is -0.493 e. The van der Waals surface area contributed by atoms with Crippen LogP contribution in [-0.2, 0) is 9.53 Å². The molecule has 2 aromatic carbocycles. The van der Waals surface area contributed by atoms with Crippen LogP contribution in [0.5, 0.6) is 11.5 Å². The molecule has 0 bridgehead atoms. The summed E-state index contributed by atoms with van der Waals surface area (Å²) in [5.74, 6) is 2.84. The first-order chi connectivity index (χ1) is 21.4. The number of ether oxygens (including phenoxy) is 3. The van der Waals surface area contributed by atoms with Crippen molar-refractivity contribution in [1.29, 1.82) is 0 Å². The number of amides is 1. The van der Waals surface area contributed by atoms with Crippen molar-refractivity contribution in [3.8, 4) is 11.5 Å². The molecule has 2 aliphatic heterocycles. The third kappa shape index (κ3) is 6.43. The number of fused-ring (bicyclic) bond motifs is 1. The Morgan fingerprint density at radius 3 is 2.66 bits per heavy atom. The van der Waals surface area contributed by atoms with Crippen LogP contribution in [0.25, 0.3) is 10.3 Å². The SMILES string of the molecule is COc1ccc(Nc2nc(N3CCCC(C(=O)Nc4ccc(C5=NCCC(C)C(=S)O5)cc4)C3)nc3scnc23)cc1OC. The molecule has 1 saturated heterocycles. The van der Waals surface area contributed by atoms with E-state index >= 15 is 0 Å². The van der Waals surface area contributed by atoms with E-state index < -0.39 is 0 Å². The van der Waals surface area contributed by atoms with Gasteiger partial charge in [0, 0.05) is 48.6 Å². The number of aliphatic imine (C=N–C) groups is 1. The van der Waals surface area contributed by atoms with Gasteiger partial charge in [-0.05, 0) is 67.9 Å². The molecule has 1 fully saturated rings. The summed E-state index contributed by atoms with van der Waals surface area (Å²) in [4.78, 5) is 34.9. The number of anilines is 4. The summed E-state index contributed by atoms with van der Waals surface area (Å²) in [5.41, 5.74) is 4.75. The first-order valence-corrected chi connectivity index (χ1v) is 15.7. The molecule has 0 spiro atoms. The monoisotopic (exact) mass is 631 g/mol. The predicted molar refractivity (Wildman–Crippen MR) is 177 cm³/mol. The van der Waals surface area contributed by atoms with E-state index in [1.165, 1.54) is 11.3 Å². The maximum atomic E-state index is 13.4. The third-order valence-corrected chi connectivity index (χ3v) is 8.93. The molecule has 0 aliphatic carbocycles. The van der Waals surface area contributed by atoms with Crippen molar-refractivity contribution in [3.63, 3.8) is 0 Å². The Kier molecular flexibility index (Phi) is 8.84. The molecule has 2 aromatic heterocycles. The normalized spacial score (nSPS) is 18.7. The molecule has 4 heterocycles. The minimum absolute atomic E-state index is 0.0388. The number of nitrogens with one attached hydrogen (secondary N) is 2. The largest absolute Gasteiger partial charge is 0.493 e. The van der Waals surface area contributed by atoms with Gasteiger partial charge in [0.05, 0.1) is 25.6 Å². The number of rotatable bonds is 8. The minimum atomic E-state index is -0.222. The number of benzene rings is 2. The van der Waals surface area contributed by atoms with Crippen LogP contribution in [-0.4, -0.2) is 65.7 Å². The van der Waals surface area contributed by atoms with E-state index in [2.05, 4.69) is 25.5 Å². The van der Waals surface area contributed by atoms with Crippen LogP contribution in [0.1, 0.15) is 31.7 Å². The van der Waals surface area contributed by atoms with E-state index in [1.54, 1.807) is 19.7 Å². The summed E-state index contributed by atoms with van der Waals surface area (Å²) >= 11 is 6.83. The van der Waals surface area contributed by atoms with Crippen LogP contribution < -0.4 is 25.0 Å². The summed E-state index contributed by atoms with van der Waals surface area (Å²) in [7, 11) is 3.20. The molecule has 0 radical (unpaired) electrons. The molecule has 0 saturated carbocycles. The number of thiazole rings is 1. The van der Waals surface area contributed by atoms with Gasteiger partial charge in [0.15, 0.2) is 27.2 Å². The maximum Gasteiger partial charge on any atom is 0.229 e. The Bertz CT molecular complexity index is 1710. The zero-order chi connectivity index (χ0) is 30.6. The van der Waals surface area contributed by atoms with Crippen LogP contribution >= 0.6 is 23.6 Å². The Balaban J connectivity index is 1.15. The molecular weight excluding hydrogens is 599 g/mol. The van der Waals surface area contributed by atoms with E-state index in [1.807, 2.05) is 49.4 Å².